The molecular formula is C21H29N5O. The third-order valence-electron chi connectivity index (χ3n) is 5.60. The average Bonchev–Trinajstić information content (AvgIpc) is 3.10. The smallest absolute Gasteiger partial charge is 0.274 e. The SMILES string of the molecule is O=C(c1ccn(C2CCCNC2)n1)N1CCCN(Cc2ccccc2)CC1. The van der Waals surface area contributed by atoms with Crippen molar-refractivity contribution >= 4 is 5.91 Å². The average molecular weight is 367 g/mol. The minimum Gasteiger partial charge on any atom is -0.336 e. The Bertz CT molecular complexity index is 738. The normalized spacial score (nSPS) is 21.8. The van der Waals surface area contributed by atoms with Gasteiger partial charge in [-0.15, -0.1) is 0 Å². The van der Waals surface area contributed by atoms with Crippen molar-refractivity contribution in [2.24, 2.45) is 0 Å². The molecule has 1 aromatic heterocycles. The summed E-state index contributed by atoms with van der Waals surface area (Å²) in [6.07, 6.45) is 5.26. The van der Waals surface area contributed by atoms with Crippen LogP contribution in [0.25, 0.3) is 0 Å². The van der Waals surface area contributed by atoms with Gasteiger partial charge in [0.25, 0.3) is 5.91 Å². The number of nitrogens with zero attached hydrogens (tertiary/aromatic N) is 4. The van der Waals surface area contributed by atoms with E-state index in [1.807, 2.05) is 21.8 Å². The van der Waals surface area contributed by atoms with E-state index < -0.39 is 0 Å². The van der Waals surface area contributed by atoms with Gasteiger partial charge in [-0.2, -0.15) is 5.10 Å². The van der Waals surface area contributed by atoms with Gasteiger partial charge in [0.05, 0.1) is 6.04 Å². The molecule has 2 saturated heterocycles. The molecule has 0 saturated carbocycles. The van der Waals surface area contributed by atoms with Crippen LogP contribution in [0.5, 0.6) is 0 Å². The van der Waals surface area contributed by atoms with Crippen molar-refractivity contribution in [2.75, 3.05) is 39.3 Å². The summed E-state index contributed by atoms with van der Waals surface area (Å²) in [5.74, 6) is 0.0686. The molecule has 4 rings (SSSR count). The lowest BCUT2D eigenvalue weighted by atomic mass is 10.1. The minimum absolute atomic E-state index is 0.0686. The van der Waals surface area contributed by atoms with E-state index in [0.29, 0.717) is 11.7 Å². The van der Waals surface area contributed by atoms with Crippen molar-refractivity contribution in [2.45, 2.75) is 31.8 Å². The number of amides is 1. The molecule has 2 aliphatic heterocycles. The van der Waals surface area contributed by atoms with Crippen LogP contribution < -0.4 is 5.32 Å². The molecule has 1 amide bonds. The molecule has 2 aromatic rings. The van der Waals surface area contributed by atoms with Gasteiger partial charge < -0.3 is 10.2 Å². The molecule has 0 spiro atoms. The van der Waals surface area contributed by atoms with Gasteiger partial charge in [-0.05, 0) is 37.4 Å². The highest BCUT2D eigenvalue weighted by atomic mass is 16.2. The van der Waals surface area contributed by atoms with Crippen LogP contribution in [-0.4, -0.2) is 64.8 Å². The summed E-state index contributed by atoms with van der Waals surface area (Å²) in [5.41, 5.74) is 1.91. The van der Waals surface area contributed by atoms with Gasteiger partial charge in [0, 0.05) is 45.5 Å². The van der Waals surface area contributed by atoms with Gasteiger partial charge in [-0.3, -0.25) is 14.4 Å². The van der Waals surface area contributed by atoms with E-state index in [2.05, 4.69) is 45.6 Å². The number of piperidine rings is 1. The Labute approximate surface area is 161 Å². The maximum Gasteiger partial charge on any atom is 0.274 e. The molecule has 1 unspecified atom stereocenters. The van der Waals surface area contributed by atoms with Crippen molar-refractivity contribution in [3.8, 4) is 0 Å². The van der Waals surface area contributed by atoms with Crippen LogP contribution in [0.4, 0.5) is 0 Å². The van der Waals surface area contributed by atoms with Crippen LogP contribution in [0.3, 0.4) is 0 Å². The molecule has 1 N–H and O–H groups in total. The topological polar surface area (TPSA) is 53.4 Å². The fourth-order valence-electron chi connectivity index (χ4n) is 4.05. The summed E-state index contributed by atoms with van der Waals surface area (Å²) in [4.78, 5) is 17.3. The van der Waals surface area contributed by atoms with Crippen molar-refractivity contribution < 1.29 is 4.79 Å². The summed E-state index contributed by atoms with van der Waals surface area (Å²) in [6.45, 7) is 6.48. The Morgan fingerprint density at radius 2 is 1.96 bits per heavy atom. The number of aromatic nitrogens is 2. The van der Waals surface area contributed by atoms with Crippen molar-refractivity contribution in [3.05, 3.63) is 53.9 Å². The number of carbonyl (C=O) groups excluding carboxylic acids is 1. The maximum atomic E-state index is 12.9. The summed E-state index contributed by atoms with van der Waals surface area (Å²) in [5, 5.41) is 8.00. The van der Waals surface area contributed by atoms with E-state index >= 15 is 0 Å². The highest BCUT2D eigenvalue weighted by Gasteiger charge is 2.23. The molecule has 2 fully saturated rings. The van der Waals surface area contributed by atoms with Crippen LogP contribution in [0.1, 0.15) is 41.4 Å². The van der Waals surface area contributed by atoms with Gasteiger partial charge in [-0.25, -0.2) is 0 Å². The molecule has 27 heavy (non-hydrogen) atoms. The molecule has 6 nitrogen and oxygen atoms in total. The Morgan fingerprint density at radius 3 is 2.78 bits per heavy atom. The summed E-state index contributed by atoms with van der Waals surface area (Å²) in [6, 6.07) is 12.8. The zero-order valence-electron chi connectivity index (χ0n) is 15.9. The number of hydrogen-bond donors (Lipinski definition) is 1. The van der Waals surface area contributed by atoms with Gasteiger partial charge in [0.1, 0.15) is 5.69 Å². The molecule has 2 aliphatic rings. The summed E-state index contributed by atoms with van der Waals surface area (Å²) < 4.78 is 1.97. The third kappa shape index (κ3) is 4.57. The Morgan fingerprint density at radius 1 is 1.07 bits per heavy atom. The monoisotopic (exact) mass is 367 g/mol. The third-order valence-corrected chi connectivity index (χ3v) is 5.60. The van der Waals surface area contributed by atoms with Gasteiger partial charge >= 0.3 is 0 Å². The number of rotatable bonds is 4. The van der Waals surface area contributed by atoms with Gasteiger partial charge in [0.2, 0.25) is 0 Å². The first-order valence-electron chi connectivity index (χ1n) is 10.1. The Kier molecular flexibility index (Phi) is 5.84. The quantitative estimate of drug-likeness (QED) is 0.900. The lowest BCUT2D eigenvalue weighted by Crippen LogP contribution is -2.35. The van der Waals surface area contributed by atoms with Crippen LogP contribution in [0.2, 0.25) is 0 Å². The van der Waals surface area contributed by atoms with Crippen molar-refractivity contribution in [1.29, 1.82) is 0 Å². The predicted octanol–water partition coefficient (Wildman–Crippen LogP) is 2.16. The standard InChI is InChI=1S/C21H29N5O/c27-21(20-9-13-26(23-20)19-8-4-10-22-16-19)25-12-5-11-24(14-15-25)17-18-6-2-1-3-7-18/h1-3,6-7,9,13,19,22H,4-5,8,10-12,14-17H2. The second-order valence-electron chi connectivity index (χ2n) is 7.59. The zero-order valence-corrected chi connectivity index (χ0v) is 15.9. The van der Waals surface area contributed by atoms with Gasteiger partial charge in [0.15, 0.2) is 0 Å². The minimum atomic E-state index is 0.0686. The Balaban J connectivity index is 1.34. The number of carbonyl (C=O) groups is 1. The fourth-order valence-corrected chi connectivity index (χ4v) is 4.05. The zero-order chi connectivity index (χ0) is 18.5. The van der Waals surface area contributed by atoms with E-state index in [0.717, 1.165) is 65.1 Å². The van der Waals surface area contributed by atoms with Crippen LogP contribution >= 0.6 is 0 Å². The molecule has 3 heterocycles. The molecule has 144 valence electrons. The molecule has 0 bridgehead atoms. The predicted molar refractivity (Wildman–Crippen MR) is 106 cm³/mol. The molecule has 0 aliphatic carbocycles. The molecule has 1 atom stereocenters. The molecule has 1 aromatic carbocycles. The van der Waals surface area contributed by atoms with E-state index in [4.69, 9.17) is 0 Å². The number of nitrogens with one attached hydrogen (secondary N) is 1. The lowest BCUT2D eigenvalue weighted by Gasteiger charge is -2.23. The van der Waals surface area contributed by atoms with E-state index in [1.54, 1.807) is 0 Å². The van der Waals surface area contributed by atoms with E-state index in [-0.39, 0.29) is 5.91 Å². The van der Waals surface area contributed by atoms with Crippen LogP contribution in [0.15, 0.2) is 42.6 Å². The van der Waals surface area contributed by atoms with E-state index in [9.17, 15) is 4.79 Å². The molecular weight excluding hydrogens is 338 g/mol. The fraction of sp³-hybridized carbons (Fsp3) is 0.524. The molecule has 6 heteroatoms. The van der Waals surface area contributed by atoms with Crippen molar-refractivity contribution in [1.82, 2.24) is 24.9 Å². The van der Waals surface area contributed by atoms with Gasteiger partial charge in [-0.1, -0.05) is 30.3 Å². The molecule has 0 radical (unpaired) electrons. The first-order valence-corrected chi connectivity index (χ1v) is 10.1. The number of benzene rings is 1. The first-order chi connectivity index (χ1) is 13.3. The highest BCUT2D eigenvalue weighted by Crippen LogP contribution is 2.17. The van der Waals surface area contributed by atoms with Crippen molar-refractivity contribution in [3.63, 3.8) is 0 Å². The number of hydrogen-bond acceptors (Lipinski definition) is 4. The van der Waals surface area contributed by atoms with E-state index in [1.165, 1.54) is 5.56 Å². The first kappa shape index (κ1) is 18.2. The largest absolute Gasteiger partial charge is 0.336 e. The lowest BCUT2D eigenvalue weighted by molar-refractivity contribution is 0.0753. The van der Waals surface area contributed by atoms with Crippen LogP contribution in [-0.2, 0) is 6.54 Å². The Hall–Kier alpha value is -2.18. The van der Waals surface area contributed by atoms with Crippen LogP contribution in [0, 0.1) is 0 Å². The maximum absolute atomic E-state index is 12.9. The highest BCUT2D eigenvalue weighted by molar-refractivity contribution is 5.92. The second kappa shape index (κ2) is 8.67. The second-order valence-corrected chi connectivity index (χ2v) is 7.59. The summed E-state index contributed by atoms with van der Waals surface area (Å²) in [7, 11) is 0. The summed E-state index contributed by atoms with van der Waals surface area (Å²) >= 11 is 0.